The third kappa shape index (κ3) is 3.74. The molecule has 4 rings (SSSR count). The summed E-state index contributed by atoms with van der Waals surface area (Å²) in [6.07, 6.45) is 3.35. The van der Waals surface area contributed by atoms with Gasteiger partial charge in [0.2, 0.25) is 0 Å². The second-order valence-electron chi connectivity index (χ2n) is 8.67. The Morgan fingerprint density at radius 1 is 1.10 bits per heavy atom. The lowest BCUT2D eigenvalue weighted by molar-refractivity contribution is -0.146. The van der Waals surface area contributed by atoms with Gasteiger partial charge in [-0.2, -0.15) is 0 Å². The molecule has 2 aliphatic carbocycles. The van der Waals surface area contributed by atoms with Crippen LogP contribution in [0.3, 0.4) is 0 Å². The Morgan fingerprint density at radius 2 is 1.83 bits per heavy atom. The van der Waals surface area contributed by atoms with Crippen LogP contribution in [0.4, 0.5) is 11.4 Å². The molecule has 2 fully saturated rings. The van der Waals surface area contributed by atoms with Crippen LogP contribution in [-0.2, 0) is 4.79 Å². The molecule has 3 N–H and O–H groups in total. The maximum absolute atomic E-state index is 12.8. The Kier molecular flexibility index (Phi) is 5.07. The molecule has 0 heterocycles. The van der Waals surface area contributed by atoms with E-state index in [1.807, 2.05) is 30.3 Å². The van der Waals surface area contributed by atoms with E-state index >= 15 is 0 Å². The summed E-state index contributed by atoms with van der Waals surface area (Å²) in [6.45, 7) is 4.31. The van der Waals surface area contributed by atoms with Gasteiger partial charge in [-0.05, 0) is 72.9 Å². The van der Waals surface area contributed by atoms with E-state index in [4.69, 9.17) is 0 Å². The van der Waals surface area contributed by atoms with Crippen molar-refractivity contribution in [2.24, 2.45) is 11.8 Å². The summed E-state index contributed by atoms with van der Waals surface area (Å²) >= 11 is 0. The van der Waals surface area contributed by atoms with Crippen LogP contribution in [-0.4, -0.2) is 22.5 Å². The SMILES string of the molecule is CC(C)c1ccccc1Nc1ccc(C(=O)NC2(C(=O)O)CCCC3CC32)cc1. The third-order valence-corrected chi connectivity index (χ3v) is 6.43. The predicted molar refractivity (Wildman–Crippen MR) is 114 cm³/mol. The number of carboxylic acid groups (broad SMARTS) is 1. The van der Waals surface area contributed by atoms with Gasteiger partial charge in [-0.15, -0.1) is 0 Å². The molecule has 0 aliphatic heterocycles. The van der Waals surface area contributed by atoms with Gasteiger partial charge in [-0.25, -0.2) is 4.79 Å². The van der Waals surface area contributed by atoms with E-state index in [-0.39, 0.29) is 11.8 Å². The summed E-state index contributed by atoms with van der Waals surface area (Å²) in [5, 5.41) is 16.1. The second kappa shape index (κ2) is 7.54. The average Bonchev–Trinajstić information content (AvgIpc) is 3.49. The maximum atomic E-state index is 12.8. The van der Waals surface area contributed by atoms with Crippen LogP contribution < -0.4 is 10.6 Å². The zero-order chi connectivity index (χ0) is 20.6. The van der Waals surface area contributed by atoms with Gasteiger partial charge < -0.3 is 15.7 Å². The Bertz CT molecular complexity index is 922. The number of benzene rings is 2. The first-order valence-electron chi connectivity index (χ1n) is 10.4. The molecular weight excluding hydrogens is 364 g/mol. The number of para-hydroxylation sites is 1. The van der Waals surface area contributed by atoms with Crippen molar-refractivity contribution in [1.82, 2.24) is 5.32 Å². The number of fused-ring (bicyclic) bond motifs is 1. The molecule has 0 saturated heterocycles. The normalized spacial score (nSPS) is 25.2. The molecule has 5 heteroatoms. The fourth-order valence-electron chi connectivity index (χ4n) is 4.72. The molecule has 2 aromatic rings. The van der Waals surface area contributed by atoms with Crippen molar-refractivity contribution in [3.63, 3.8) is 0 Å². The van der Waals surface area contributed by atoms with Gasteiger partial charge in [-0.3, -0.25) is 4.79 Å². The zero-order valence-electron chi connectivity index (χ0n) is 16.9. The number of carbonyl (C=O) groups excluding carboxylic acids is 1. The number of carboxylic acids is 1. The largest absolute Gasteiger partial charge is 0.479 e. The number of aliphatic carboxylic acids is 1. The molecule has 1 amide bonds. The monoisotopic (exact) mass is 392 g/mol. The van der Waals surface area contributed by atoms with E-state index in [0.29, 0.717) is 23.8 Å². The van der Waals surface area contributed by atoms with Crippen LogP contribution in [0.2, 0.25) is 0 Å². The summed E-state index contributed by atoms with van der Waals surface area (Å²) in [5.41, 5.74) is 2.55. The zero-order valence-corrected chi connectivity index (χ0v) is 16.9. The van der Waals surface area contributed by atoms with Gasteiger partial charge >= 0.3 is 5.97 Å². The van der Waals surface area contributed by atoms with Crippen molar-refractivity contribution in [3.05, 3.63) is 59.7 Å². The summed E-state index contributed by atoms with van der Waals surface area (Å²) in [5.74, 6) is -0.285. The molecule has 2 aliphatic rings. The van der Waals surface area contributed by atoms with E-state index < -0.39 is 11.5 Å². The molecule has 0 bridgehead atoms. The van der Waals surface area contributed by atoms with Crippen molar-refractivity contribution in [1.29, 1.82) is 0 Å². The van der Waals surface area contributed by atoms with Crippen molar-refractivity contribution >= 4 is 23.3 Å². The number of carbonyl (C=O) groups is 2. The molecule has 3 atom stereocenters. The molecule has 152 valence electrons. The smallest absolute Gasteiger partial charge is 0.329 e. The molecule has 3 unspecified atom stereocenters. The lowest BCUT2D eigenvalue weighted by Crippen LogP contribution is -2.57. The summed E-state index contributed by atoms with van der Waals surface area (Å²) in [6, 6.07) is 15.4. The van der Waals surface area contributed by atoms with Gasteiger partial charge in [0.05, 0.1) is 0 Å². The number of rotatable bonds is 6. The first kappa shape index (κ1) is 19.5. The lowest BCUT2D eigenvalue weighted by Gasteiger charge is -2.34. The number of nitrogens with one attached hydrogen (secondary N) is 2. The van der Waals surface area contributed by atoms with Crippen LogP contribution in [0, 0.1) is 11.8 Å². The van der Waals surface area contributed by atoms with Gasteiger partial charge in [0.1, 0.15) is 5.54 Å². The van der Waals surface area contributed by atoms with E-state index in [2.05, 4.69) is 30.5 Å². The molecule has 0 aromatic heterocycles. The quantitative estimate of drug-likeness (QED) is 0.651. The minimum Gasteiger partial charge on any atom is -0.479 e. The van der Waals surface area contributed by atoms with Crippen molar-refractivity contribution in [2.75, 3.05) is 5.32 Å². The highest BCUT2D eigenvalue weighted by Crippen LogP contribution is 2.55. The summed E-state index contributed by atoms with van der Waals surface area (Å²) < 4.78 is 0. The minimum atomic E-state index is -1.10. The van der Waals surface area contributed by atoms with Crippen LogP contribution in [0.15, 0.2) is 48.5 Å². The number of hydrogen-bond acceptors (Lipinski definition) is 3. The van der Waals surface area contributed by atoms with E-state index in [9.17, 15) is 14.7 Å². The molecule has 0 spiro atoms. The lowest BCUT2D eigenvalue weighted by atomic mass is 9.81. The van der Waals surface area contributed by atoms with Crippen molar-refractivity contribution in [3.8, 4) is 0 Å². The van der Waals surface area contributed by atoms with Gasteiger partial charge in [0.25, 0.3) is 5.91 Å². The maximum Gasteiger partial charge on any atom is 0.329 e. The van der Waals surface area contributed by atoms with Gasteiger partial charge in [-0.1, -0.05) is 38.5 Å². The Balaban J connectivity index is 1.48. The molecule has 0 radical (unpaired) electrons. The van der Waals surface area contributed by atoms with E-state index in [1.165, 1.54) is 5.56 Å². The average molecular weight is 392 g/mol. The summed E-state index contributed by atoms with van der Waals surface area (Å²) in [7, 11) is 0. The van der Waals surface area contributed by atoms with Gasteiger partial charge in [0.15, 0.2) is 0 Å². The number of hydrogen-bond donors (Lipinski definition) is 3. The molecule has 2 aromatic carbocycles. The molecule has 5 nitrogen and oxygen atoms in total. The van der Waals surface area contributed by atoms with Gasteiger partial charge in [0, 0.05) is 16.9 Å². The fraction of sp³-hybridized carbons (Fsp3) is 0.417. The fourth-order valence-corrected chi connectivity index (χ4v) is 4.72. The second-order valence-corrected chi connectivity index (χ2v) is 8.67. The van der Waals surface area contributed by atoms with Crippen molar-refractivity contribution in [2.45, 2.75) is 51.0 Å². The van der Waals surface area contributed by atoms with Crippen LogP contribution >= 0.6 is 0 Å². The predicted octanol–water partition coefficient (Wildman–Crippen LogP) is 4.93. The van der Waals surface area contributed by atoms with Crippen LogP contribution in [0.5, 0.6) is 0 Å². The first-order chi connectivity index (χ1) is 13.9. The molecular formula is C24H28N2O3. The van der Waals surface area contributed by atoms with E-state index in [0.717, 1.165) is 30.6 Å². The highest BCUT2D eigenvalue weighted by atomic mass is 16.4. The molecule has 29 heavy (non-hydrogen) atoms. The van der Waals surface area contributed by atoms with Crippen LogP contribution in [0.1, 0.15) is 61.4 Å². The highest BCUT2D eigenvalue weighted by Gasteiger charge is 2.59. The van der Waals surface area contributed by atoms with Crippen LogP contribution in [0.25, 0.3) is 0 Å². The molecule has 2 saturated carbocycles. The first-order valence-corrected chi connectivity index (χ1v) is 10.4. The third-order valence-electron chi connectivity index (χ3n) is 6.43. The highest BCUT2D eigenvalue weighted by molar-refractivity contribution is 5.98. The standard InChI is InChI=1S/C24H28N2O3/c1-15(2)19-7-3-4-8-21(19)25-18-11-9-16(10-12-18)22(27)26-24(23(28)29)13-5-6-17-14-20(17)24/h3-4,7-12,15,17,20,25H,5-6,13-14H2,1-2H3,(H,26,27)(H,28,29). The summed E-state index contributed by atoms with van der Waals surface area (Å²) in [4.78, 5) is 24.8. The Labute approximate surface area is 171 Å². The van der Waals surface area contributed by atoms with E-state index in [1.54, 1.807) is 12.1 Å². The number of amides is 1. The number of anilines is 2. The van der Waals surface area contributed by atoms with Crippen molar-refractivity contribution < 1.29 is 14.7 Å². The topological polar surface area (TPSA) is 78.4 Å². The Hall–Kier alpha value is -2.82. The minimum absolute atomic E-state index is 0.0752. The Morgan fingerprint density at radius 3 is 2.52 bits per heavy atom.